The number of aromatic nitrogens is 2. The Labute approximate surface area is 135 Å². The molecule has 0 radical (unpaired) electrons. The number of aliphatic carboxylic acids is 1. The zero-order valence-electron chi connectivity index (χ0n) is 13.6. The summed E-state index contributed by atoms with van der Waals surface area (Å²) in [5.74, 6) is -1.18. The molecule has 1 aromatic carbocycles. The number of benzene rings is 1. The molecule has 2 aromatic rings. The van der Waals surface area contributed by atoms with E-state index in [1.807, 2.05) is 18.5 Å². The smallest absolute Gasteiger partial charge is 0.318 e. The summed E-state index contributed by atoms with van der Waals surface area (Å²) in [7, 11) is -3.88. The number of carbonyl (C=O) groups is 1. The van der Waals surface area contributed by atoms with Crippen LogP contribution in [0, 0.1) is 0 Å². The van der Waals surface area contributed by atoms with Crippen LogP contribution in [0.1, 0.15) is 33.7 Å². The fourth-order valence-corrected chi connectivity index (χ4v) is 4.04. The molecule has 0 saturated heterocycles. The topological polar surface area (TPSA) is 92.5 Å². The Morgan fingerprint density at radius 3 is 2.48 bits per heavy atom. The predicted octanol–water partition coefficient (Wildman–Crippen LogP) is 2.10. The largest absolute Gasteiger partial charge is 0.480 e. The highest BCUT2D eigenvalue weighted by molar-refractivity contribution is 7.89. The zero-order chi connectivity index (χ0) is 17.4. The Kier molecular flexibility index (Phi) is 4.76. The monoisotopic (exact) mass is 339 g/mol. The van der Waals surface area contributed by atoms with Gasteiger partial charge in [0.25, 0.3) is 0 Å². The second-order valence-electron chi connectivity index (χ2n) is 5.94. The number of nitrogens with zero attached hydrogens (tertiary/aromatic N) is 3. The molecular weight excluding hydrogens is 318 g/mol. The quantitative estimate of drug-likeness (QED) is 0.870. The standard InChI is InChI=1S/C15H21N3O4S/c1-10(2)17(9-15(19)20)23(21,22)13-5-6-14-12(7-13)8-16-18(14)11(3)4/h5-8,10-11H,9H2,1-4H3,(H,19,20). The third-order valence-electron chi connectivity index (χ3n) is 3.53. The number of fused-ring (bicyclic) bond motifs is 1. The number of rotatable bonds is 6. The molecule has 8 heteroatoms. The van der Waals surface area contributed by atoms with E-state index in [1.165, 1.54) is 12.1 Å². The van der Waals surface area contributed by atoms with Gasteiger partial charge >= 0.3 is 5.97 Å². The molecule has 0 spiro atoms. The summed E-state index contributed by atoms with van der Waals surface area (Å²) in [4.78, 5) is 11.0. The molecule has 23 heavy (non-hydrogen) atoms. The van der Waals surface area contributed by atoms with Crippen molar-refractivity contribution in [3.63, 3.8) is 0 Å². The molecule has 0 amide bonds. The Bertz CT molecular complexity index is 824. The highest BCUT2D eigenvalue weighted by Crippen LogP contribution is 2.24. The highest BCUT2D eigenvalue weighted by Gasteiger charge is 2.29. The maximum absolute atomic E-state index is 12.7. The minimum absolute atomic E-state index is 0.0725. The summed E-state index contributed by atoms with van der Waals surface area (Å²) in [5.41, 5.74) is 0.841. The van der Waals surface area contributed by atoms with Crippen LogP contribution in [0.2, 0.25) is 0 Å². The fourth-order valence-electron chi connectivity index (χ4n) is 2.42. The first-order chi connectivity index (χ1) is 10.6. The van der Waals surface area contributed by atoms with Crippen molar-refractivity contribution in [3.05, 3.63) is 24.4 Å². The van der Waals surface area contributed by atoms with Crippen LogP contribution in [0.25, 0.3) is 10.9 Å². The number of hydrogen-bond donors (Lipinski definition) is 1. The summed E-state index contributed by atoms with van der Waals surface area (Å²) in [6.07, 6.45) is 1.62. The molecule has 0 atom stereocenters. The van der Waals surface area contributed by atoms with Crippen molar-refractivity contribution in [2.75, 3.05) is 6.54 Å². The van der Waals surface area contributed by atoms with Crippen LogP contribution in [0.15, 0.2) is 29.3 Å². The minimum Gasteiger partial charge on any atom is -0.480 e. The lowest BCUT2D eigenvalue weighted by atomic mass is 10.2. The van der Waals surface area contributed by atoms with E-state index < -0.39 is 28.6 Å². The van der Waals surface area contributed by atoms with E-state index in [-0.39, 0.29) is 10.9 Å². The zero-order valence-corrected chi connectivity index (χ0v) is 14.4. The molecule has 0 aliphatic carbocycles. The van der Waals surface area contributed by atoms with Crippen LogP contribution >= 0.6 is 0 Å². The van der Waals surface area contributed by atoms with E-state index in [0.29, 0.717) is 5.39 Å². The van der Waals surface area contributed by atoms with E-state index >= 15 is 0 Å². The van der Waals surface area contributed by atoms with Crippen LogP contribution in [0.3, 0.4) is 0 Å². The maximum atomic E-state index is 12.7. The molecule has 2 rings (SSSR count). The third kappa shape index (κ3) is 3.37. The average molecular weight is 339 g/mol. The second kappa shape index (κ2) is 6.29. The van der Waals surface area contributed by atoms with Crippen molar-refractivity contribution in [3.8, 4) is 0 Å². The molecule has 1 aromatic heterocycles. The first-order valence-corrected chi connectivity index (χ1v) is 8.79. The second-order valence-corrected chi connectivity index (χ2v) is 7.83. The molecule has 0 aliphatic heterocycles. The van der Waals surface area contributed by atoms with Gasteiger partial charge < -0.3 is 5.11 Å². The Morgan fingerprint density at radius 1 is 1.30 bits per heavy atom. The Balaban J connectivity index is 2.51. The van der Waals surface area contributed by atoms with Gasteiger partial charge in [-0.15, -0.1) is 0 Å². The van der Waals surface area contributed by atoms with Gasteiger partial charge in [0.1, 0.15) is 6.54 Å². The molecule has 1 N–H and O–H groups in total. The van der Waals surface area contributed by atoms with Gasteiger partial charge in [-0.2, -0.15) is 9.40 Å². The molecule has 1 heterocycles. The van der Waals surface area contributed by atoms with Crippen LogP contribution in [-0.4, -0.2) is 46.2 Å². The number of sulfonamides is 1. The van der Waals surface area contributed by atoms with E-state index in [2.05, 4.69) is 5.10 Å². The lowest BCUT2D eigenvalue weighted by Crippen LogP contribution is -2.40. The van der Waals surface area contributed by atoms with Crippen molar-refractivity contribution in [1.29, 1.82) is 0 Å². The highest BCUT2D eigenvalue weighted by atomic mass is 32.2. The molecule has 7 nitrogen and oxygen atoms in total. The van der Waals surface area contributed by atoms with E-state index in [0.717, 1.165) is 9.82 Å². The van der Waals surface area contributed by atoms with Crippen LogP contribution in [0.4, 0.5) is 0 Å². The summed E-state index contributed by atoms with van der Waals surface area (Å²) < 4.78 is 28.2. The Hall–Kier alpha value is -1.93. The van der Waals surface area contributed by atoms with Gasteiger partial charge in [-0.3, -0.25) is 9.48 Å². The number of carboxylic acids is 1. The summed E-state index contributed by atoms with van der Waals surface area (Å²) in [6.45, 7) is 6.71. The van der Waals surface area contributed by atoms with Crippen LogP contribution in [0.5, 0.6) is 0 Å². The molecule has 0 aliphatic rings. The number of hydrogen-bond acceptors (Lipinski definition) is 4. The van der Waals surface area contributed by atoms with Crippen molar-refractivity contribution >= 4 is 26.9 Å². The molecule has 0 saturated carbocycles. The summed E-state index contributed by atoms with van der Waals surface area (Å²) in [5, 5.41) is 13.9. The van der Waals surface area contributed by atoms with Gasteiger partial charge in [-0.25, -0.2) is 8.42 Å². The Morgan fingerprint density at radius 2 is 1.96 bits per heavy atom. The van der Waals surface area contributed by atoms with Gasteiger partial charge in [-0.1, -0.05) is 0 Å². The maximum Gasteiger partial charge on any atom is 0.318 e. The third-order valence-corrected chi connectivity index (χ3v) is 5.55. The molecule has 0 bridgehead atoms. The molecular formula is C15H21N3O4S. The lowest BCUT2D eigenvalue weighted by Gasteiger charge is -2.24. The average Bonchev–Trinajstić information content (AvgIpc) is 2.87. The summed E-state index contributed by atoms with van der Waals surface area (Å²) >= 11 is 0. The minimum atomic E-state index is -3.88. The first-order valence-electron chi connectivity index (χ1n) is 7.35. The normalized spacial score (nSPS) is 12.7. The van der Waals surface area contributed by atoms with Crippen molar-refractivity contribution < 1.29 is 18.3 Å². The van der Waals surface area contributed by atoms with Gasteiger partial charge in [0.05, 0.1) is 16.6 Å². The van der Waals surface area contributed by atoms with Crippen molar-refractivity contribution in [2.24, 2.45) is 0 Å². The first kappa shape index (κ1) is 17.4. The predicted molar refractivity (Wildman–Crippen MR) is 86.8 cm³/mol. The van der Waals surface area contributed by atoms with E-state index in [9.17, 15) is 13.2 Å². The molecule has 126 valence electrons. The molecule has 0 unspecified atom stereocenters. The van der Waals surface area contributed by atoms with Crippen LogP contribution in [-0.2, 0) is 14.8 Å². The van der Waals surface area contributed by atoms with Gasteiger partial charge in [-0.05, 0) is 45.9 Å². The van der Waals surface area contributed by atoms with E-state index in [1.54, 1.807) is 26.1 Å². The van der Waals surface area contributed by atoms with Gasteiger partial charge in [0.15, 0.2) is 0 Å². The van der Waals surface area contributed by atoms with E-state index in [4.69, 9.17) is 5.11 Å². The lowest BCUT2D eigenvalue weighted by molar-refractivity contribution is -0.137. The van der Waals surface area contributed by atoms with Crippen molar-refractivity contribution in [2.45, 2.75) is 44.7 Å². The number of carboxylic acid groups (broad SMARTS) is 1. The van der Waals surface area contributed by atoms with Crippen molar-refractivity contribution in [1.82, 2.24) is 14.1 Å². The van der Waals surface area contributed by atoms with Gasteiger partial charge in [0, 0.05) is 17.5 Å². The van der Waals surface area contributed by atoms with Gasteiger partial charge in [0.2, 0.25) is 10.0 Å². The summed E-state index contributed by atoms with van der Waals surface area (Å²) in [6, 6.07) is 4.44. The SMILES string of the molecule is CC(C)N(CC(=O)O)S(=O)(=O)c1ccc2c(cnn2C(C)C)c1. The fraction of sp³-hybridized carbons (Fsp3) is 0.467. The molecule has 0 fully saturated rings. The van der Waals surface area contributed by atoms with Crippen LogP contribution < -0.4 is 0 Å².